The van der Waals surface area contributed by atoms with Crippen LogP contribution in [0.5, 0.6) is 0 Å². The molecule has 0 saturated carbocycles. The number of likely N-dealkylation sites (tertiary alicyclic amines) is 1. The van der Waals surface area contributed by atoms with E-state index in [0.717, 1.165) is 54.4 Å². The van der Waals surface area contributed by atoms with Gasteiger partial charge in [0.25, 0.3) is 0 Å². The Bertz CT molecular complexity index is 1420. The number of carbonyl (C=O) groups is 1. The van der Waals surface area contributed by atoms with Crippen LogP contribution in [-0.4, -0.2) is 54.2 Å². The molecule has 0 aromatic carbocycles. The Balaban J connectivity index is 1.45. The highest BCUT2D eigenvalue weighted by molar-refractivity contribution is 6.04. The zero-order valence-corrected chi connectivity index (χ0v) is 21.8. The zero-order valence-electron chi connectivity index (χ0n) is 21.8. The number of carbonyl (C=O) groups excluding carboxylic acids is 1. The van der Waals surface area contributed by atoms with Crippen molar-refractivity contribution in [3.05, 3.63) is 36.1 Å². The maximum absolute atomic E-state index is 12.5. The molecule has 0 unspecified atom stereocenters. The second-order valence-corrected chi connectivity index (χ2v) is 11.0. The third kappa shape index (κ3) is 4.61. The third-order valence-corrected chi connectivity index (χ3v) is 7.49. The standard InChI is InChI=1S/C27H32N8O2/c1-26(2,3)37-25(36)35-11-9-27(10-12-35)7-5-18(6-8-27)21-19(23-30-14-17(13-28)15-31-23)20-22(29)32-16-33-24(20)34(21)4/h5,14-16H,6-12H2,1-4H3,(H2,29,32,33). The van der Waals surface area contributed by atoms with Crippen LogP contribution >= 0.6 is 0 Å². The number of nitrogens with two attached hydrogens (primary N) is 1. The Morgan fingerprint density at radius 3 is 2.43 bits per heavy atom. The van der Waals surface area contributed by atoms with Crippen LogP contribution in [0.2, 0.25) is 0 Å². The van der Waals surface area contributed by atoms with Crippen LogP contribution in [0.15, 0.2) is 24.8 Å². The van der Waals surface area contributed by atoms with Gasteiger partial charge in [-0.25, -0.2) is 24.7 Å². The van der Waals surface area contributed by atoms with Gasteiger partial charge in [-0.05, 0) is 63.9 Å². The first-order valence-electron chi connectivity index (χ1n) is 12.6. The minimum atomic E-state index is -0.489. The first-order valence-corrected chi connectivity index (χ1v) is 12.6. The number of amides is 1. The van der Waals surface area contributed by atoms with Crippen molar-refractivity contribution in [3.8, 4) is 17.5 Å². The number of nitrogen functional groups attached to an aromatic ring is 1. The first kappa shape index (κ1) is 24.7. The molecule has 2 N–H and O–H groups in total. The molecule has 4 heterocycles. The van der Waals surface area contributed by atoms with Crippen molar-refractivity contribution in [3.63, 3.8) is 0 Å². The van der Waals surface area contributed by atoms with Crippen molar-refractivity contribution in [1.82, 2.24) is 29.4 Å². The van der Waals surface area contributed by atoms with Crippen molar-refractivity contribution < 1.29 is 9.53 Å². The normalized spacial score (nSPS) is 17.5. The van der Waals surface area contributed by atoms with E-state index in [1.807, 2.05) is 37.3 Å². The lowest BCUT2D eigenvalue weighted by molar-refractivity contribution is 0.00896. The highest BCUT2D eigenvalue weighted by Gasteiger charge is 2.39. The van der Waals surface area contributed by atoms with Crippen LogP contribution < -0.4 is 5.73 Å². The lowest BCUT2D eigenvalue weighted by Gasteiger charge is -2.43. The van der Waals surface area contributed by atoms with Gasteiger partial charge in [-0.1, -0.05) is 6.08 Å². The third-order valence-electron chi connectivity index (χ3n) is 7.49. The van der Waals surface area contributed by atoms with Gasteiger partial charge in [-0.15, -0.1) is 0 Å². The molecule has 0 atom stereocenters. The molecule has 1 spiro atoms. The average Bonchev–Trinajstić information content (AvgIpc) is 3.17. The van der Waals surface area contributed by atoms with Crippen molar-refractivity contribution >= 4 is 28.5 Å². The number of anilines is 1. The van der Waals surface area contributed by atoms with Crippen molar-refractivity contribution in [2.24, 2.45) is 12.5 Å². The van der Waals surface area contributed by atoms with Gasteiger partial charge in [0.2, 0.25) is 0 Å². The number of ether oxygens (including phenoxy) is 1. The molecule has 37 heavy (non-hydrogen) atoms. The lowest BCUT2D eigenvalue weighted by Crippen LogP contribution is -2.45. The summed E-state index contributed by atoms with van der Waals surface area (Å²) in [6.07, 6.45) is 11.3. The summed E-state index contributed by atoms with van der Waals surface area (Å²) in [6.45, 7) is 7.11. The smallest absolute Gasteiger partial charge is 0.410 e. The van der Waals surface area contributed by atoms with Gasteiger partial charge in [-0.3, -0.25) is 0 Å². The van der Waals surface area contributed by atoms with Gasteiger partial charge in [0.05, 0.1) is 22.2 Å². The monoisotopic (exact) mass is 500 g/mol. The Morgan fingerprint density at radius 1 is 1.14 bits per heavy atom. The molecule has 3 aromatic heterocycles. The van der Waals surface area contributed by atoms with Crippen LogP contribution in [0.3, 0.4) is 0 Å². The highest BCUT2D eigenvalue weighted by atomic mass is 16.6. The van der Waals surface area contributed by atoms with Gasteiger partial charge in [0.1, 0.15) is 29.5 Å². The number of piperidine rings is 1. The largest absolute Gasteiger partial charge is 0.444 e. The molecule has 1 saturated heterocycles. The van der Waals surface area contributed by atoms with Crippen LogP contribution in [0.1, 0.15) is 64.1 Å². The fraction of sp³-hybridized carbons (Fsp3) is 0.481. The summed E-state index contributed by atoms with van der Waals surface area (Å²) in [5.41, 5.74) is 10.1. The number of aromatic nitrogens is 5. The molecular formula is C27H32N8O2. The number of rotatable bonds is 2. The number of fused-ring (bicyclic) bond motifs is 1. The molecule has 2 aliphatic rings. The van der Waals surface area contributed by atoms with Crippen molar-refractivity contribution in [2.75, 3.05) is 18.8 Å². The SMILES string of the molecule is Cn1c(C2=CCC3(CC2)CCN(C(=O)OC(C)(C)C)CC3)c(-c2ncc(C#N)cn2)c2c(N)ncnc21. The van der Waals surface area contributed by atoms with E-state index in [4.69, 9.17) is 10.5 Å². The van der Waals surface area contributed by atoms with E-state index in [0.29, 0.717) is 30.3 Å². The minimum Gasteiger partial charge on any atom is -0.444 e. The Kier molecular flexibility index (Phi) is 6.10. The summed E-state index contributed by atoms with van der Waals surface area (Å²) >= 11 is 0. The van der Waals surface area contributed by atoms with Crippen LogP contribution in [0.25, 0.3) is 28.0 Å². The lowest BCUT2D eigenvalue weighted by atomic mass is 9.68. The predicted molar refractivity (Wildman–Crippen MR) is 140 cm³/mol. The maximum Gasteiger partial charge on any atom is 0.410 e. The van der Waals surface area contributed by atoms with E-state index in [1.165, 1.54) is 24.3 Å². The quantitative estimate of drug-likeness (QED) is 0.544. The number of hydrogen-bond acceptors (Lipinski definition) is 8. The maximum atomic E-state index is 12.5. The van der Waals surface area contributed by atoms with Crippen LogP contribution in [-0.2, 0) is 11.8 Å². The number of allylic oxidation sites excluding steroid dienone is 2. The number of nitriles is 1. The predicted octanol–water partition coefficient (Wildman–Crippen LogP) is 4.46. The molecule has 1 aliphatic heterocycles. The van der Waals surface area contributed by atoms with E-state index in [1.54, 1.807) is 0 Å². The topological polar surface area (TPSA) is 136 Å². The second kappa shape index (κ2) is 9.14. The summed E-state index contributed by atoms with van der Waals surface area (Å²) in [4.78, 5) is 32.0. The number of nitrogens with zero attached hydrogens (tertiary/aromatic N) is 7. The summed E-state index contributed by atoms with van der Waals surface area (Å²) in [5, 5.41) is 9.90. The molecule has 192 valence electrons. The second-order valence-electron chi connectivity index (χ2n) is 11.0. The van der Waals surface area contributed by atoms with Gasteiger partial charge >= 0.3 is 6.09 Å². The minimum absolute atomic E-state index is 0.177. The Labute approximate surface area is 216 Å². The molecule has 0 radical (unpaired) electrons. The molecule has 3 aromatic rings. The summed E-state index contributed by atoms with van der Waals surface area (Å²) in [5.74, 6) is 0.866. The van der Waals surface area contributed by atoms with Gasteiger partial charge in [0.15, 0.2) is 5.82 Å². The number of aryl methyl sites for hydroxylation is 1. The Hall–Kier alpha value is -4.00. The molecule has 1 amide bonds. The van der Waals surface area contributed by atoms with E-state index in [2.05, 4.69) is 32.1 Å². The van der Waals surface area contributed by atoms with E-state index < -0.39 is 5.60 Å². The van der Waals surface area contributed by atoms with Gasteiger partial charge < -0.3 is 19.9 Å². The summed E-state index contributed by atoms with van der Waals surface area (Å²) < 4.78 is 7.61. The molecule has 10 heteroatoms. The van der Waals surface area contributed by atoms with Crippen molar-refractivity contribution in [1.29, 1.82) is 5.26 Å². The van der Waals surface area contributed by atoms with Crippen LogP contribution in [0.4, 0.5) is 10.6 Å². The van der Waals surface area contributed by atoms with E-state index >= 15 is 0 Å². The molecular weight excluding hydrogens is 468 g/mol. The fourth-order valence-electron chi connectivity index (χ4n) is 5.49. The van der Waals surface area contributed by atoms with Gasteiger partial charge in [0, 0.05) is 32.5 Å². The summed E-state index contributed by atoms with van der Waals surface area (Å²) in [6, 6.07) is 2.07. The molecule has 0 bridgehead atoms. The fourth-order valence-corrected chi connectivity index (χ4v) is 5.49. The average molecular weight is 501 g/mol. The molecule has 5 rings (SSSR count). The van der Waals surface area contributed by atoms with Crippen molar-refractivity contribution in [2.45, 2.75) is 58.5 Å². The highest BCUT2D eigenvalue weighted by Crippen LogP contribution is 2.48. The van der Waals surface area contributed by atoms with Crippen LogP contribution in [0, 0.1) is 16.7 Å². The molecule has 1 fully saturated rings. The zero-order chi connectivity index (χ0) is 26.4. The van der Waals surface area contributed by atoms with Gasteiger partial charge in [-0.2, -0.15) is 5.26 Å². The molecule has 1 aliphatic carbocycles. The molecule has 10 nitrogen and oxygen atoms in total. The summed E-state index contributed by atoms with van der Waals surface area (Å²) in [7, 11) is 1.97. The first-order chi connectivity index (χ1) is 17.6. The van der Waals surface area contributed by atoms with E-state index in [9.17, 15) is 10.1 Å². The Morgan fingerprint density at radius 2 is 1.84 bits per heavy atom. The van der Waals surface area contributed by atoms with E-state index in [-0.39, 0.29) is 11.5 Å². The number of hydrogen-bond donors (Lipinski definition) is 1.